The van der Waals surface area contributed by atoms with Crippen molar-refractivity contribution >= 4 is 0 Å². The number of nitrogens with zero attached hydrogens (tertiary/aromatic N) is 2. The summed E-state index contributed by atoms with van der Waals surface area (Å²) in [7, 11) is 0. The summed E-state index contributed by atoms with van der Waals surface area (Å²) in [5, 5.41) is 0. The number of aromatic nitrogens is 2. The van der Waals surface area contributed by atoms with E-state index in [2.05, 4.69) is 9.97 Å². The van der Waals surface area contributed by atoms with Crippen LogP contribution in [0.2, 0.25) is 0 Å². The van der Waals surface area contributed by atoms with Gasteiger partial charge in [-0.3, -0.25) is 0 Å². The van der Waals surface area contributed by atoms with E-state index in [0.717, 1.165) is 5.56 Å². The van der Waals surface area contributed by atoms with Crippen LogP contribution in [0.5, 0.6) is 0 Å². The summed E-state index contributed by atoms with van der Waals surface area (Å²) in [5.74, 6) is 0. The molecular weight excluding hydrogens is 143 g/mol. The molecule has 0 saturated carbocycles. The Labute approximate surface area is 65.5 Å². The molecule has 11 heavy (non-hydrogen) atoms. The monoisotopic (exact) mass is 154 g/mol. The number of hydrogen-bond donors (Lipinski definition) is 0. The molecule has 0 atom stereocenters. The second-order valence-electron chi connectivity index (χ2n) is 3.49. The molecular formula is C8H11FN2. The van der Waals surface area contributed by atoms with E-state index in [1.54, 1.807) is 0 Å². The Hall–Kier alpha value is -0.990. The van der Waals surface area contributed by atoms with Crippen molar-refractivity contribution < 1.29 is 4.39 Å². The van der Waals surface area contributed by atoms with Crippen LogP contribution in [-0.2, 0) is 5.41 Å². The molecule has 0 amide bonds. The first kappa shape index (κ1) is 8.11. The van der Waals surface area contributed by atoms with Crippen molar-refractivity contribution in [2.45, 2.75) is 26.2 Å². The van der Waals surface area contributed by atoms with Gasteiger partial charge in [-0.05, 0) is 11.0 Å². The number of hydrogen-bond acceptors (Lipinski definition) is 2. The first-order valence-electron chi connectivity index (χ1n) is 3.48. The minimum Gasteiger partial charge on any atom is -0.210 e. The summed E-state index contributed by atoms with van der Waals surface area (Å²) in [6.07, 6.45) is 2.36. The predicted octanol–water partition coefficient (Wildman–Crippen LogP) is 1.91. The van der Waals surface area contributed by atoms with Gasteiger partial charge in [0.05, 0.1) is 0 Å². The van der Waals surface area contributed by atoms with E-state index < -0.39 is 6.08 Å². The van der Waals surface area contributed by atoms with Crippen molar-refractivity contribution in [3.05, 3.63) is 24.0 Å². The van der Waals surface area contributed by atoms with Crippen LogP contribution in [-0.4, -0.2) is 9.97 Å². The minimum atomic E-state index is -0.669. The van der Waals surface area contributed by atoms with Crippen LogP contribution in [0, 0.1) is 6.08 Å². The van der Waals surface area contributed by atoms with Crippen molar-refractivity contribution in [3.8, 4) is 0 Å². The van der Waals surface area contributed by atoms with Crippen molar-refractivity contribution in [1.29, 1.82) is 0 Å². The predicted molar refractivity (Wildman–Crippen MR) is 40.7 cm³/mol. The zero-order valence-corrected chi connectivity index (χ0v) is 6.93. The van der Waals surface area contributed by atoms with Crippen LogP contribution in [0.25, 0.3) is 0 Å². The number of rotatable bonds is 0. The molecule has 0 aliphatic carbocycles. The Morgan fingerprint density at radius 3 is 2.00 bits per heavy atom. The van der Waals surface area contributed by atoms with Gasteiger partial charge >= 0.3 is 6.08 Å². The van der Waals surface area contributed by atoms with E-state index in [1.807, 2.05) is 20.8 Å². The standard InChI is InChI=1S/C8H11FN2/c1-8(2,3)6-4-10-7(9)11-5-6/h4-5H,1-3H3. The quantitative estimate of drug-likeness (QED) is 0.533. The maximum Gasteiger partial charge on any atom is 0.308 e. The smallest absolute Gasteiger partial charge is 0.210 e. The molecule has 0 spiro atoms. The Bertz CT molecular complexity index is 235. The molecule has 0 fully saturated rings. The molecule has 1 aromatic heterocycles. The van der Waals surface area contributed by atoms with Crippen molar-refractivity contribution in [3.63, 3.8) is 0 Å². The van der Waals surface area contributed by atoms with Gasteiger partial charge in [0.15, 0.2) is 0 Å². The Morgan fingerprint density at radius 1 is 1.18 bits per heavy atom. The lowest BCUT2D eigenvalue weighted by Crippen LogP contribution is -2.12. The van der Waals surface area contributed by atoms with E-state index in [1.165, 1.54) is 12.4 Å². The van der Waals surface area contributed by atoms with E-state index in [4.69, 9.17) is 0 Å². The Morgan fingerprint density at radius 2 is 1.64 bits per heavy atom. The number of halogens is 1. The largest absolute Gasteiger partial charge is 0.308 e. The highest BCUT2D eigenvalue weighted by Crippen LogP contribution is 2.19. The summed E-state index contributed by atoms with van der Waals surface area (Å²) in [6, 6.07) is 0. The summed E-state index contributed by atoms with van der Waals surface area (Å²) in [6.45, 7) is 6.09. The molecule has 2 nitrogen and oxygen atoms in total. The van der Waals surface area contributed by atoms with Crippen molar-refractivity contribution in [1.82, 2.24) is 9.97 Å². The van der Waals surface area contributed by atoms with Crippen LogP contribution in [0.3, 0.4) is 0 Å². The Balaban J connectivity index is 2.99. The van der Waals surface area contributed by atoms with Crippen LogP contribution in [0.4, 0.5) is 4.39 Å². The first-order valence-corrected chi connectivity index (χ1v) is 3.48. The molecule has 0 N–H and O–H groups in total. The van der Waals surface area contributed by atoms with E-state index in [9.17, 15) is 4.39 Å². The molecule has 0 aliphatic heterocycles. The fraction of sp³-hybridized carbons (Fsp3) is 0.500. The fourth-order valence-electron chi connectivity index (χ4n) is 0.700. The van der Waals surface area contributed by atoms with Gasteiger partial charge in [-0.15, -0.1) is 0 Å². The summed E-state index contributed by atoms with van der Waals surface area (Å²) in [4.78, 5) is 6.94. The highest BCUT2D eigenvalue weighted by Gasteiger charge is 2.13. The lowest BCUT2D eigenvalue weighted by molar-refractivity contribution is 0.521. The first-order chi connectivity index (χ1) is 5.00. The van der Waals surface area contributed by atoms with Crippen molar-refractivity contribution in [2.24, 2.45) is 0 Å². The highest BCUT2D eigenvalue weighted by molar-refractivity contribution is 5.13. The molecule has 1 aromatic rings. The Kier molecular flexibility index (Phi) is 1.89. The fourth-order valence-corrected chi connectivity index (χ4v) is 0.700. The second kappa shape index (κ2) is 2.57. The van der Waals surface area contributed by atoms with Gasteiger partial charge in [-0.2, -0.15) is 4.39 Å². The molecule has 0 aromatic carbocycles. The van der Waals surface area contributed by atoms with E-state index in [0.29, 0.717) is 0 Å². The van der Waals surface area contributed by atoms with E-state index >= 15 is 0 Å². The van der Waals surface area contributed by atoms with Crippen LogP contribution in [0.15, 0.2) is 12.4 Å². The SMILES string of the molecule is CC(C)(C)c1cnc(F)nc1. The molecule has 0 bridgehead atoms. The van der Waals surface area contributed by atoms with Gasteiger partial charge in [0.25, 0.3) is 0 Å². The molecule has 0 aliphatic rings. The van der Waals surface area contributed by atoms with Crippen LogP contribution >= 0.6 is 0 Å². The lowest BCUT2D eigenvalue weighted by Gasteiger charge is -2.16. The van der Waals surface area contributed by atoms with E-state index in [-0.39, 0.29) is 5.41 Å². The zero-order chi connectivity index (χ0) is 8.48. The second-order valence-corrected chi connectivity index (χ2v) is 3.49. The van der Waals surface area contributed by atoms with Gasteiger partial charge in [-0.1, -0.05) is 20.8 Å². The molecule has 0 unspecified atom stereocenters. The molecule has 0 saturated heterocycles. The lowest BCUT2D eigenvalue weighted by atomic mass is 9.89. The van der Waals surface area contributed by atoms with Gasteiger partial charge in [0.1, 0.15) is 0 Å². The zero-order valence-electron chi connectivity index (χ0n) is 6.93. The topological polar surface area (TPSA) is 25.8 Å². The van der Waals surface area contributed by atoms with Gasteiger partial charge in [0.2, 0.25) is 0 Å². The summed E-state index contributed by atoms with van der Waals surface area (Å²) in [5.41, 5.74) is 0.937. The summed E-state index contributed by atoms with van der Waals surface area (Å²) < 4.78 is 12.3. The van der Waals surface area contributed by atoms with Gasteiger partial charge in [0, 0.05) is 12.4 Å². The average molecular weight is 154 g/mol. The third-order valence-electron chi connectivity index (χ3n) is 1.49. The maximum atomic E-state index is 12.3. The normalized spacial score (nSPS) is 11.6. The van der Waals surface area contributed by atoms with Gasteiger partial charge in [-0.25, -0.2) is 9.97 Å². The van der Waals surface area contributed by atoms with Crippen LogP contribution in [0.1, 0.15) is 26.3 Å². The minimum absolute atomic E-state index is 0.00625. The van der Waals surface area contributed by atoms with Crippen molar-refractivity contribution in [2.75, 3.05) is 0 Å². The van der Waals surface area contributed by atoms with Crippen LogP contribution < -0.4 is 0 Å². The molecule has 3 heteroatoms. The molecule has 1 heterocycles. The molecule has 1 rings (SSSR count). The van der Waals surface area contributed by atoms with Gasteiger partial charge < -0.3 is 0 Å². The summed E-state index contributed by atoms with van der Waals surface area (Å²) >= 11 is 0. The highest BCUT2D eigenvalue weighted by atomic mass is 19.1. The maximum absolute atomic E-state index is 12.3. The molecule has 0 radical (unpaired) electrons. The average Bonchev–Trinajstić information content (AvgIpc) is 1.86. The third-order valence-corrected chi connectivity index (χ3v) is 1.49. The molecule has 60 valence electrons. The third kappa shape index (κ3) is 1.97.